The number of anilines is 1. The van der Waals surface area contributed by atoms with Crippen molar-refractivity contribution in [3.05, 3.63) is 57.9 Å². The average molecular weight is 462 g/mol. The normalized spacial score (nSPS) is 14.0. The van der Waals surface area contributed by atoms with E-state index in [9.17, 15) is 22.8 Å². The lowest BCUT2D eigenvalue weighted by molar-refractivity contribution is -0.139. The van der Waals surface area contributed by atoms with Crippen molar-refractivity contribution >= 4 is 33.6 Å². The summed E-state index contributed by atoms with van der Waals surface area (Å²) in [6.07, 6.45) is 0.797. The second-order valence-electron chi connectivity index (χ2n) is 5.32. The van der Waals surface area contributed by atoms with Crippen molar-refractivity contribution in [3.8, 4) is 5.75 Å². The van der Waals surface area contributed by atoms with Crippen LogP contribution >= 0.6 is 15.9 Å². The molecule has 1 aliphatic heterocycles. The molecule has 2 rings (SSSR count). The molecule has 0 N–H and O–H groups in total. The molecule has 1 aromatic carbocycles. The number of benzene rings is 1. The molecule has 0 fully saturated rings. The minimum atomic E-state index is -4.72. The highest BCUT2D eigenvalue weighted by atomic mass is 79.9. The Kier molecular flexibility index (Phi) is 6.55. The summed E-state index contributed by atoms with van der Waals surface area (Å²) in [6.45, 7) is 0. The highest BCUT2D eigenvalue weighted by Crippen LogP contribution is 2.44. The number of carbonyl (C=O) groups excluding carboxylic acids is 2. The maximum absolute atomic E-state index is 13.5. The Balaban J connectivity index is 2.79. The van der Waals surface area contributed by atoms with Crippen molar-refractivity contribution < 1.29 is 37.0 Å². The van der Waals surface area contributed by atoms with Gasteiger partial charge in [-0.25, -0.2) is 9.59 Å². The molecule has 1 aliphatic rings. The van der Waals surface area contributed by atoms with E-state index in [2.05, 4.69) is 20.7 Å². The van der Waals surface area contributed by atoms with E-state index in [1.54, 1.807) is 0 Å². The van der Waals surface area contributed by atoms with Crippen LogP contribution in [0, 0.1) is 0 Å². The summed E-state index contributed by atoms with van der Waals surface area (Å²) in [4.78, 5) is 25.6. The summed E-state index contributed by atoms with van der Waals surface area (Å²) in [6, 6.07) is 2.12. The number of hydrogen-bond donors (Lipinski definition) is 0. The van der Waals surface area contributed by atoms with Crippen LogP contribution in [0.2, 0.25) is 0 Å². The van der Waals surface area contributed by atoms with Crippen LogP contribution in [0.15, 0.2) is 52.3 Å². The molecule has 0 amide bonds. The molecule has 0 aromatic heterocycles. The van der Waals surface area contributed by atoms with E-state index in [1.807, 2.05) is 0 Å². The molecule has 0 unspecified atom stereocenters. The Bertz CT molecular complexity index is 890. The van der Waals surface area contributed by atoms with E-state index >= 15 is 0 Å². The summed E-state index contributed by atoms with van der Waals surface area (Å²) < 4.78 is 54.7. The van der Waals surface area contributed by atoms with Gasteiger partial charge in [-0.1, -0.05) is 6.08 Å². The lowest BCUT2D eigenvalue weighted by atomic mass is 10.1. The number of ether oxygens (including phenoxy) is 3. The van der Waals surface area contributed by atoms with Gasteiger partial charge in [-0.3, -0.25) is 0 Å². The van der Waals surface area contributed by atoms with Gasteiger partial charge in [-0.15, -0.1) is 0 Å². The van der Waals surface area contributed by atoms with Gasteiger partial charge >= 0.3 is 18.1 Å². The van der Waals surface area contributed by atoms with Crippen LogP contribution in [-0.2, 0) is 25.2 Å². The Labute approximate surface area is 167 Å². The largest absolute Gasteiger partial charge is 0.495 e. The van der Waals surface area contributed by atoms with Gasteiger partial charge in [0.2, 0.25) is 0 Å². The van der Waals surface area contributed by atoms with Crippen LogP contribution in [-0.4, -0.2) is 33.3 Å². The molecule has 10 heteroatoms. The quantitative estimate of drug-likeness (QED) is 0.632. The summed E-state index contributed by atoms with van der Waals surface area (Å²) in [7, 11) is 3.32. The molecule has 1 heterocycles. The molecule has 28 heavy (non-hydrogen) atoms. The molecule has 1 aromatic rings. The first-order valence-electron chi connectivity index (χ1n) is 7.65. The predicted molar refractivity (Wildman–Crippen MR) is 97.5 cm³/mol. The van der Waals surface area contributed by atoms with Crippen LogP contribution in [0.4, 0.5) is 18.9 Å². The van der Waals surface area contributed by atoms with E-state index in [1.165, 1.54) is 30.5 Å². The van der Waals surface area contributed by atoms with E-state index < -0.39 is 29.4 Å². The van der Waals surface area contributed by atoms with Crippen molar-refractivity contribution in [2.24, 2.45) is 0 Å². The SMILES string of the molecule is COC(=O)C1=C(C(=O)OC)N(c2cc(Br)c(OC)c(C(F)(F)F)c2)C=CC=C1. The molecule has 0 spiro atoms. The number of methoxy groups -OCH3 is 3. The second-order valence-corrected chi connectivity index (χ2v) is 6.18. The number of alkyl halides is 3. The Morgan fingerprint density at radius 1 is 1.04 bits per heavy atom. The third-order valence-electron chi connectivity index (χ3n) is 3.71. The number of allylic oxidation sites excluding steroid dienone is 2. The molecule has 0 radical (unpaired) electrons. The van der Waals surface area contributed by atoms with Gasteiger partial charge in [0.15, 0.2) is 0 Å². The Morgan fingerprint density at radius 2 is 1.68 bits per heavy atom. The first-order chi connectivity index (χ1) is 13.1. The fourth-order valence-corrected chi connectivity index (χ4v) is 3.11. The first kappa shape index (κ1) is 21.5. The molecule has 150 valence electrons. The minimum absolute atomic E-state index is 0.00858. The molecule has 0 bridgehead atoms. The number of carbonyl (C=O) groups is 2. The second kappa shape index (κ2) is 8.51. The molecule has 6 nitrogen and oxygen atoms in total. The standard InChI is InChI=1S/C18H15BrF3NO5/c1-26-15-12(18(20,21)22)8-10(9-13(15)19)23-7-5-4-6-11(16(24)27-2)14(23)17(25)28-3/h4-9H,1-3H3. The minimum Gasteiger partial charge on any atom is -0.495 e. The van der Waals surface area contributed by atoms with Crippen molar-refractivity contribution in [1.82, 2.24) is 0 Å². The van der Waals surface area contributed by atoms with Gasteiger partial charge in [-0.2, -0.15) is 13.2 Å². The van der Waals surface area contributed by atoms with Crippen molar-refractivity contribution in [3.63, 3.8) is 0 Å². The van der Waals surface area contributed by atoms with Crippen molar-refractivity contribution in [2.45, 2.75) is 6.18 Å². The number of hydrogen-bond acceptors (Lipinski definition) is 6. The maximum Gasteiger partial charge on any atom is 0.420 e. The van der Waals surface area contributed by atoms with Gasteiger partial charge in [-0.05, 0) is 40.2 Å². The topological polar surface area (TPSA) is 65.1 Å². The van der Waals surface area contributed by atoms with Gasteiger partial charge in [0.25, 0.3) is 0 Å². The van der Waals surface area contributed by atoms with Gasteiger partial charge < -0.3 is 19.1 Å². The van der Waals surface area contributed by atoms with Gasteiger partial charge in [0, 0.05) is 11.9 Å². The van der Waals surface area contributed by atoms with E-state index in [0.29, 0.717) is 0 Å². The molecule has 0 saturated heterocycles. The lowest BCUT2D eigenvalue weighted by Gasteiger charge is -2.25. The molecule has 0 atom stereocenters. The molecule has 0 aliphatic carbocycles. The van der Waals surface area contributed by atoms with Crippen LogP contribution in [0.3, 0.4) is 0 Å². The summed E-state index contributed by atoms with van der Waals surface area (Å²) in [5, 5.41) is 0. The fourth-order valence-electron chi connectivity index (χ4n) is 2.50. The highest BCUT2D eigenvalue weighted by molar-refractivity contribution is 9.10. The van der Waals surface area contributed by atoms with Crippen LogP contribution < -0.4 is 9.64 Å². The monoisotopic (exact) mass is 461 g/mol. The average Bonchev–Trinajstić information content (AvgIpc) is 2.88. The number of rotatable bonds is 4. The van der Waals surface area contributed by atoms with Crippen molar-refractivity contribution in [1.29, 1.82) is 0 Å². The zero-order valence-corrected chi connectivity index (χ0v) is 16.6. The van der Waals surface area contributed by atoms with E-state index in [4.69, 9.17) is 9.47 Å². The summed E-state index contributed by atoms with van der Waals surface area (Å²) in [5.41, 5.74) is -1.60. The van der Waals surface area contributed by atoms with Crippen LogP contribution in [0.5, 0.6) is 5.75 Å². The third-order valence-corrected chi connectivity index (χ3v) is 4.29. The summed E-state index contributed by atoms with van der Waals surface area (Å²) in [5.74, 6) is -2.20. The zero-order valence-electron chi connectivity index (χ0n) is 15.0. The Morgan fingerprint density at radius 3 is 2.21 bits per heavy atom. The third kappa shape index (κ3) is 4.22. The zero-order chi connectivity index (χ0) is 21.1. The van der Waals surface area contributed by atoms with Gasteiger partial charge in [0.1, 0.15) is 17.0 Å². The maximum atomic E-state index is 13.5. The fraction of sp³-hybridized carbons (Fsp3) is 0.222. The molecule has 0 saturated carbocycles. The Hall–Kier alpha value is -2.75. The first-order valence-corrected chi connectivity index (χ1v) is 8.44. The number of nitrogens with zero attached hydrogens (tertiary/aromatic N) is 1. The molecular weight excluding hydrogens is 447 g/mol. The van der Waals surface area contributed by atoms with Crippen molar-refractivity contribution in [2.75, 3.05) is 26.2 Å². The smallest absolute Gasteiger partial charge is 0.420 e. The number of esters is 2. The predicted octanol–water partition coefficient (Wildman–Crippen LogP) is 3.97. The number of halogens is 4. The van der Waals surface area contributed by atoms with E-state index in [0.717, 1.165) is 32.3 Å². The van der Waals surface area contributed by atoms with Gasteiger partial charge in [0.05, 0.1) is 31.4 Å². The summed E-state index contributed by atoms with van der Waals surface area (Å²) >= 11 is 3.05. The molecular formula is C18H15BrF3NO5. The van der Waals surface area contributed by atoms with Crippen LogP contribution in [0.25, 0.3) is 0 Å². The van der Waals surface area contributed by atoms with E-state index in [-0.39, 0.29) is 21.4 Å². The highest BCUT2D eigenvalue weighted by Gasteiger charge is 2.37. The van der Waals surface area contributed by atoms with Crippen LogP contribution in [0.1, 0.15) is 5.56 Å². The lowest BCUT2D eigenvalue weighted by Crippen LogP contribution is -2.27.